The molecule has 3 N–H and O–H groups in total. The Bertz CT molecular complexity index is 590. The summed E-state index contributed by atoms with van der Waals surface area (Å²) in [6.45, 7) is 4.36. The minimum Gasteiger partial charge on any atom is -0.464 e. The van der Waals surface area contributed by atoms with Crippen molar-refractivity contribution in [2.75, 3.05) is 6.54 Å². The lowest BCUT2D eigenvalue weighted by Gasteiger charge is -2.12. The van der Waals surface area contributed by atoms with Crippen LogP contribution < -0.4 is 11.1 Å². The number of furan rings is 1. The van der Waals surface area contributed by atoms with Crippen molar-refractivity contribution in [1.82, 2.24) is 5.32 Å². The zero-order chi connectivity index (χ0) is 14.5. The van der Waals surface area contributed by atoms with Gasteiger partial charge in [0.2, 0.25) is 0 Å². The lowest BCUT2D eigenvalue weighted by atomic mass is 10.1. The number of benzene rings is 1. The molecule has 4 nitrogen and oxygen atoms in total. The van der Waals surface area contributed by atoms with Crippen molar-refractivity contribution in [3.63, 3.8) is 0 Å². The molecule has 2 rings (SSSR count). The van der Waals surface area contributed by atoms with Gasteiger partial charge in [-0.25, -0.2) is 0 Å². The Hall–Kier alpha value is -2.07. The molecule has 2 aromatic rings. The molecule has 0 fully saturated rings. The van der Waals surface area contributed by atoms with Gasteiger partial charge < -0.3 is 15.5 Å². The van der Waals surface area contributed by atoms with Crippen molar-refractivity contribution in [2.45, 2.75) is 26.3 Å². The summed E-state index contributed by atoms with van der Waals surface area (Å²) in [4.78, 5) is 12.2. The highest BCUT2D eigenvalue weighted by atomic mass is 16.3. The lowest BCUT2D eigenvalue weighted by Crippen LogP contribution is -2.26. The number of hydrogen-bond acceptors (Lipinski definition) is 3. The number of nitrogens with two attached hydrogens (primary N) is 1. The van der Waals surface area contributed by atoms with Crippen molar-refractivity contribution < 1.29 is 9.21 Å². The van der Waals surface area contributed by atoms with Crippen molar-refractivity contribution in [3.05, 3.63) is 59.0 Å². The number of carbonyl (C=O) groups is 1. The van der Waals surface area contributed by atoms with Crippen molar-refractivity contribution in [3.8, 4) is 0 Å². The highest BCUT2D eigenvalue weighted by Gasteiger charge is 2.14. The summed E-state index contributed by atoms with van der Waals surface area (Å²) < 4.78 is 5.51. The molecule has 1 heterocycles. The molecule has 4 heteroatoms. The maximum atomic E-state index is 12.2. The van der Waals surface area contributed by atoms with Crippen LogP contribution in [-0.2, 0) is 6.42 Å². The van der Waals surface area contributed by atoms with Gasteiger partial charge in [-0.3, -0.25) is 4.79 Å². The number of aryl methyl sites for hydroxylation is 1. The van der Waals surface area contributed by atoms with Crippen LogP contribution in [0.15, 0.2) is 40.8 Å². The van der Waals surface area contributed by atoms with E-state index in [-0.39, 0.29) is 11.9 Å². The molecule has 0 saturated carbocycles. The van der Waals surface area contributed by atoms with Gasteiger partial charge in [0.15, 0.2) is 0 Å². The molecule has 106 valence electrons. The predicted octanol–water partition coefficient (Wildman–Crippen LogP) is 2.58. The molecule has 1 aromatic carbocycles. The van der Waals surface area contributed by atoms with Crippen LogP contribution in [0.1, 0.15) is 40.4 Å². The summed E-state index contributed by atoms with van der Waals surface area (Å²) >= 11 is 0. The van der Waals surface area contributed by atoms with Gasteiger partial charge in [0.05, 0.1) is 6.04 Å². The van der Waals surface area contributed by atoms with Crippen LogP contribution >= 0.6 is 0 Å². The fourth-order valence-electron chi connectivity index (χ4n) is 2.07. The molecular formula is C16H20N2O2. The van der Waals surface area contributed by atoms with E-state index in [1.807, 2.05) is 44.2 Å². The van der Waals surface area contributed by atoms with Crippen LogP contribution in [0.4, 0.5) is 0 Å². The van der Waals surface area contributed by atoms with Gasteiger partial charge >= 0.3 is 0 Å². The molecule has 0 aliphatic rings. The van der Waals surface area contributed by atoms with Gasteiger partial charge in [0.25, 0.3) is 5.91 Å². The summed E-state index contributed by atoms with van der Waals surface area (Å²) in [5, 5.41) is 2.93. The predicted molar refractivity (Wildman–Crippen MR) is 78.5 cm³/mol. The maximum absolute atomic E-state index is 12.2. The van der Waals surface area contributed by atoms with E-state index >= 15 is 0 Å². The molecule has 0 aliphatic heterocycles. The van der Waals surface area contributed by atoms with E-state index < -0.39 is 0 Å². The first-order chi connectivity index (χ1) is 9.60. The molecule has 1 atom stereocenters. The number of carbonyl (C=O) groups excluding carboxylic acids is 1. The second-order valence-electron chi connectivity index (χ2n) is 4.88. The number of hydrogen-bond donors (Lipinski definition) is 2. The Labute approximate surface area is 119 Å². The summed E-state index contributed by atoms with van der Waals surface area (Å²) in [5.74, 6) is 1.49. The molecular weight excluding hydrogens is 252 g/mol. The number of rotatable bonds is 5. The van der Waals surface area contributed by atoms with E-state index in [0.29, 0.717) is 12.1 Å². The van der Waals surface area contributed by atoms with E-state index in [4.69, 9.17) is 10.2 Å². The monoisotopic (exact) mass is 272 g/mol. The van der Waals surface area contributed by atoms with Crippen LogP contribution in [0.3, 0.4) is 0 Å². The smallest absolute Gasteiger partial charge is 0.251 e. The molecule has 1 aromatic heterocycles. The second kappa shape index (κ2) is 6.39. The van der Waals surface area contributed by atoms with Crippen LogP contribution in [-0.4, -0.2) is 12.5 Å². The molecule has 1 amide bonds. The molecule has 0 bridgehead atoms. The van der Waals surface area contributed by atoms with Crippen molar-refractivity contribution in [2.24, 2.45) is 5.73 Å². The normalized spacial score (nSPS) is 12.2. The van der Waals surface area contributed by atoms with Gasteiger partial charge in [-0.05, 0) is 56.6 Å². The fourth-order valence-corrected chi connectivity index (χ4v) is 2.07. The van der Waals surface area contributed by atoms with Crippen molar-refractivity contribution >= 4 is 5.91 Å². The summed E-state index contributed by atoms with van der Waals surface area (Å²) in [7, 11) is 0. The minimum absolute atomic E-state index is 0.106. The molecule has 0 spiro atoms. The fraction of sp³-hybridized carbons (Fsp3) is 0.312. The van der Waals surface area contributed by atoms with Crippen LogP contribution in [0.25, 0.3) is 0 Å². The zero-order valence-corrected chi connectivity index (χ0v) is 11.8. The quantitative estimate of drug-likeness (QED) is 0.879. The SMILES string of the molecule is Cc1ccc(C(C)NC(=O)c2cccc(CCN)c2)o1. The van der Waals surface area contributed by atoms with Gasteiger partial charge in [-0.1, -0.05) is 12.1 Å². The van der Waals surface area contributed by atoms with E-state index in [2.05, 4.69) is 5.32 Å². The Morgan fingerprint density at radius 1 is 1.35 bits per heavy atom. The third-order valence-corrected chi connectivity index (χ3v) is 3.16. The van der Waals surface area contributed by atoms with Crippen LogP contribution in [0, 0.1) is 6.92 Å². The third kappa shape index (κ3) is 3.48. The molecule has 0 saturated heterocycles. The second-order valence-corrected chi connectivity index (χ2v) is 4.88. The van der Waals surface area contributed by atoms with E-state index in [9.17, 15) is 4.79 Å². The first kappa shape index (κ1) is 14.3. The van der Waals surface area contributed by atoms with E-state index in [0.717, 1.165) is 23.5 Å². The summed E-state index contributed by atoms with van der Waals surface area (Å²) in [6, 6.07) is 11.1. The Morgan fingerprint density at radius 2 is 2.15 bits per heavy atom. The number of nitrogens with one attached hydrogen (secondary N) is 1. The van der Waals surface area contributed by atoms with Gasteiger partial charge in [-0.15, -0.1) is 0 Å². The molecule has 0 aliphatic carbocycles. The van der Waals surface area contributed by atoms with Gasteiger partial charge in [0.1, 0.15) is 11.5 Å². The first-order valence-electron chi connectivity index (χ1n) is 6.76. The van der Waals surface area contributed by atoms with Crippen molar-refractivity contribution in [1.29, 1.82) is 0 Å². The molecule has 20 heavy (non-hydrogen) atoms. The maximum Gasteiger partial charge on any atom is 0.251 e. The van der Waals surface area contributed by atoms with Crippen LogP contribution in [0.2, 0.25) is 0 Å². The Morgan fingerprint density at radius 3 is 2.80 bits per heavy atom. The highest BCUT2D eigenvalue weighted by Crippen LogP contribution is 2.16. The van der Waals surface area contributed by atoms with Crippen LogP contribution in [0.5, 0.6) is 0 Å². The standard InChI is InChI=1S/C16H20N2O2/c1-11-6-7-15(20-11)12(2)18-16(19)14-5-3-4-13(10-14)8-9-17/h3-7,10,12H,8-9,17H2,1-2H3,(H,18,19). The first-order valence-corrected chi connectivity index (χ1v) is 6.76. The Balaban J connectivity index is 2.06. The molecule has 0 radical (unpaired) electrons. The average molecular weight is 272 g/mol. The number of amides is 1. The topological polar surface area (TPSA) is 68.3 Å². The average Bonchev–Trinajstić information content (AvgIpc) is 2.86. The minimum atomic E-state index is -0.158. The van der Waals surface area contributed by atoms with E-state index in [1.165, 1.54) is 0 Å². The van der Waals surface area contributed by atoms with Gasteiger partial charge in [-0.2, -0.15) is 0 Å². The summed E-state index contributed by atoms with van der Waals surface area (Å²) in [5.41, 5.74) is 7.25. The van der Waals surface area contributed by atoms with E-state index in [1.54, 1.807) is 6.07 Å². The largest absolute Gasteiger partial charge is 0.464 e. The lowest BCUT2D eigenvalue weighted by molar-refractivity contribution is 0.0935. The van der Waals surface area contributed by atoms with Gasteiger partial charge in [0, 0.05) is 5.56 Å². The molecule has 1 unspecified atom stereocenters. The summed E-state index contributed by atoms with van der Waals surface area (Å²) in [6.07, 6.45) is 0.772. The zero-order valence-electron chi connectivity index (χ0n) is 11.8. The Kier molecular flexibility index (Phi) is 4.58. The highest BCUT2D eigenvalue weighted by molar-refractivity contribution is 5.94. The third-order valence-electron chi connectivity index (χ3n) is 3.16.